The van der Waals surface area contributed by atoms with Crippen LogP contribution in [0.1, 0.15) is 12.6 Å². The molecule has 1 aromatic carbocycles. The Morgan fingerprint density at radius 2 is 2.04 bits per heavy atom. The quantitative estimate of drug-likeness (QED) is 0.580. The van der Waals surface area contributed by atoms with Gasteiger partial charge in [-0.3, -0.25) is 4.79 Å². The summed E-state index contributed by atoms with van der Waals surface area (Å²) in [4.78, 5) is 30.0. The zero-order chi connectivity index (χ0) is 17.5. The topological polar surface area (TPSA) is 109 Å². The van der Waals surface area contributed by atoms with Crippen molar-refractivity contribution in [2.45, 2.75) is 19.4 Å². The first-order chi connectivity index (χ1) is 11.5. The molecule has 1 heterocycles. The SMILES string of the molecule is COC(=O)C(Cc1[nH]cnc1N=Nc1ccc(Br)cc1)NC(C)=O. The van der Waals surface area contributed by atoms with E-state index < -0.39 is 12.0 Å². The molecule has 0 saturated carbocycles. The number of nitrogens with one attached hydrogen (secondary N) is 2. The summed E-state index contributed by atoms with van der Waals surface area (Å²) in [5, 5.41) is 10.7. The lowest BCUT2D eigenvalue weighted by atomic mass is 10.1. The Morgan fingerprint density at radius 1 is 1.33 bits per heavy atom. The average molecular weight is 394 g/mol. The lowest BCUT2D eigenvalue weighted by molar-refractivity contribution is -0.144. The second-order valence-corrected chi connectivity index (χ2v) is 5.78. The molecule has 0 bridgehead atoms. The molecule has 1 amide bonds. The first kappa shape index (κ1) is 17.8. The van der Waals surface area contributed by atoms with Gasteiger partial charge in [-0.25, -0.2) is 9.78 Å². The van der Waals surface area contributed by atoms with Gasteiger partial charge >= 0.3 is 5.97 Å². The number of benzene rings is 1. The fraction of sp³-hybridized carbons (Fsp3) is 0.267. The van der Waals surface area contributed by atoms with Crippen LogP contribution in [0, 0.1) is 0 Å². The van der Waals surface area contributed by atoms with E-state index in [1.807, 2.05) is 12.1 Å². The lowest BCUT2D eigenvalue weighted by Gasteiger charge is -2.14. The Hall–Kier alpha value is -2.55. The highest BCUT2D eigenvalue weighted by molar-refractivity contribution is 9.10. The molecule has 0 aliphatic carbocycles. The predicted octanol–water partition coefficient (Wildman–Crippen LogP) is 2.81. The summed E-state index contributed by atoms with van der Waals surface area (Å²) >= 11 is 3.35. The van der Waals surface area contributed by atoms with Crippen molar-refractivity contribution in [2.75, 3.05) is 7.11 Å². The standard InChI is InChI=1S/C15H16BrN5O3/c1-9(22)19-13(15(23)24-2)7-12-14(18-8-17-12)21-20-11-5-3-10(16)4-6-11/h3-6,8,13H,7H2,1-2H3,(H,17,18)(H,19,22). The fourth-order valence-electron chi connectivity index (χ4n) is 1.95. The Bertz CT molecular complexity index is 742. The van der Waals surface area contributed by atoms with Crippen molar-refractivity contribution in [3.63, 3.8) is 0 Å². The number of hydrogen-bond donors (Lipinski definition) is 2. The molecule has 2 rings (SSSR count). The minimum atomic E-state index is -0.824. The van der Waals surface area contributed by atoms with E-state index >= 15 is 0 Å². The molecular weight excluding hydrogens is 378 g/mol. The molecule has 0 aliphatic rings. The number of esters is 1. The number of rotatable bonds is 6. The van der Waals surface area contributed by atoms with Gasteiger partial charge < -0.3 is 15.0 Å². The van der Waals surface area contributed by atoms with Gasteiger partial charge in [0, 0.05) is 17.8 Å². The molecule has 9 heteroatoms. The molecule has 1 unspecified atom stereocenters. The zero-order valence-corrected chi connectivity index (χ0v) is 14.7. The summed E-state index contributed by atoms with van der Waals surface area (Å²) in [5.74, 6) is -0.532. The van der Waals surface area contributed by atoms with E-state index in [2.05, 4.69) is 41.4 Å². The van der Waals surface area contributed by atoms with Gasteiger partial charge in [0.25, 0.3) is 0 Å². The number of imidazole rings is 1. The Balaban J connectivity index is 2.14. The normalized spacial score (nSPS) is 12.1. The minimum absolute atomic E-state index is 0.168. The van der Waals surface area contributed by atoms with Gasteiger partial charge in [0.05, 0.1) is 24.8 Å². The molecule has 0 fully saturated rings. The number of azo groups is 1. The van der Waals surface area contributed by atoms with Gasteiger partial charge in [0.2, 0.25) is 5.91 Å². The van der Waals surface area contributed by atoms with Crippen LogP contribution in [0.5, 0.6) is 0 Å². The van der Waals surface area contributed by atoms with Crippen LogP contribution in [0.15, 0.2) is 45.3 Å². The number of halogens is 1. The van der Waals surface area contributed by atoms with E-state index in [9.17, 15) is 9.59 Å². The molecule has 2 aromatic rings. The zero-order valence-electron chi connectivity index (χ0n) is 13.1. The highest BCUT2D eigenvalue weighted by atomic mass is 79.9. The average Bonchev–Trinajstić information content (AvgIpc) is 2.99. The van der Waals surface area contributed by atoms with Gasteiger partial charge in [-0.15, -0.1) is 10.2 Å². The number of ether oxygens (including phenoxy) is 1. The number of aromatic amines is 1. The van der Waals surface area contributed by atoms with E-state index in [0.29, 0.717) is 17.2 Å². The molecular formula is C15H16BrN5O3. The predicted molar refractivity (Wildman–Crippen MR) is 90.2 cm³/mol. The number of carbonyl (C=O) groups is 2. The van der Waals surface area contributed by atoms with Crippen LogP contribution in [-0.2, 0) is 20.7 Å². The molecule has 1 aromatic heterocycles. The van der Waals surface area contributed by atoms with Crippen LogP contribution in [0.4, 0.5) is 11.5 Å². The maximum Gasteiger partial charge on any atom is 0.328 e. The van der Waals surface area contributed by atoms with E-state index in [1.54, 1.807) is 12.1 Å². The molecule has 0 aliphatic heterocycles. The van der Waals surface area contributed by atoms with Crippen molar-refractivity contribution in [1.82, 2.24) is 15.3 Å². The summed E-state index contributed by atoms with van der Waals surface area (Å²) < 4.78 is 5.64. The molecule has 0 spiro atoms. The van der Waals surface area contributed by atoms with Gasteiger partial charge in [0.15, 0.2) is 5.82 Å². The summed E-state index contributed by atoms with van der Waals surface area (Å²) in [7, 11) is 1.26. The first-order valence-electron chi connectivity index (χ1n) is 7.04. The summed E-state index contributed by atoms with van der Waals surface area (Å²) in [6.07, 6.45) is 1.62. The summed E-state index contributed by atoms with van der Waals surface area (Å²) in [5.41, 5.74) is 1.23. The third-order valence-corrected chi connectivity index (χ3v) is 3.58. The minimum Gasteiger partial charge on any atom is -0.467 e. The molecule has 2 N–H and O–H groups in total. The smallest absolute Gasteiger partial charge is 0.328 e. The molecule has 1 atom stereocenters. The first-order valence-corrected chi connectivity index (χ1v) is 7.83. The highest BCUT2D eigenvalue weighted by Crippen LogP contribution is 2.22. The van der Waals surface area contributed by atoms with Crippen LogP contribution >= 0.6 is 15.9 Å². The van der Waals surface area contributed by atoms with Crippen molar-refractivity contribution < 1.29 is 14.3 Å². The molecule has 0 radical (unpaired) electrons. The largest absolute Gasteiger partial charge is 0.467 e. The van der Waals surface area contributed by atoms with Gasteiger partial charge in [0.1, 0.15) is 6.04 Å². The number of amides is 1. The van der Waals surface area contributed by atoms with Crippen LogP contribution in [0.2, 0.25) is 0 Å². The molecule has 126 valence electrons. The second-order valence-electron chi connectivity index (χ2n) is 4.86. The molecule has 24 heavy (non-hydrogen) atoms. The number of methoxy groups -OCH3 is 1. The van der Waals surface area contributed by atoms with Crippen LogP contribution in [0.3, 0.4) is 0 Å². The number of H-pyrrole nitrogens is 1. The molecule has 0 saturated heterocycles. The van der Waals surface area contributed by atoms with Crippen LogP contribution in [0.25, 0.3) is 0 Å². The lowest BCUT2D eigenvalue weighted by Crippen LogP contribution is -2.42. The van der Waals surface area contributed by atoms with Crippen molar-refractivity contribution >= 4 is 39.3 Å². The Morgan fingerprint density at radius 3 is 2.67 bits per heavy atom. The summed E-state index contributed by atoms with van der Waals surface area (Å²) in [6.45, 7) is 1.33. The third kappa shape index (κ3) is 4.98. The monoisotopic (exact) mass is 393 g/mol. The van der Waals surface area contributed by atoms with Crippen molar-refractivity contribution in [3.05, 3.63) is 40.8 Å². The highest BCUT2D eigenvalue weighted by Gasteiger charge is 2.23. The van der Waals surface area contributed by atoms with E-state index in [4.69, 9.17) is 4.74 Å². The summed E-state index contributed by atoms with van der Waals surface area (Å²) in [6, 6.07) is 6.48. The Labute approximate surface area is 146 Å². The van der Waals surface area contributed by atoms with E-state index in [1.165, 1.54) is 20.4 Å². The van der Waals surface area contributed by atoms with E-state index in [-0.39, 0.29) is 12.3 Å². The maximum absolute atomic E-state index is 11.8. The van der Waals surface area contributed by atoms with Crippen LogP contribution in [-0.4, -0.2) is 35.0 Å². The van der Waals surface area contributed by atoms with E-state index in [0.717, 1.165) is 4.47 Å². The van der Waals surface area contributed by atoms with Gasteiger partial charge in [-0.2, -0.15) is 0 Å². The van der Waals surface area contributed by atoms with Crippen LogP contribution < -0.4 is 5.32 Å². The van der Waals surface area contributed by atoms with Crippen molar-refractivity contribution in [2.24, 2.45) is 10.2 Å². The molecule has 8 nitrogen and oxygen atoms in total. The number of aromatic nitrogens is 2. The van der Waals surface area contributed by atoms with Gasteiger partial charge in [-0.05, 0) is 24.3 Å². The maximum atomic E-state index is 11.8. The van der Waals surface area contributed by atoms with Crippen molar-refractivity contribution in [1.29, 1.82) is 0 Å². The number of nitrogens with zero attached hydrogens (tertiary/aromatic N) is 3. The fourth-order valence-corrected chi connectivity index (χ4v) is 2.21. The number of carbonyl (C=O) groups excluding carboxylic acids is 2. The van der Waals surface area contributed by atoms with Gasteiger partial charge in [-0.1, -0.05) is 15.9 Å². The third-order valence-electron chi connectivity index (χ3n) is 3.05. The second kappa shape index (κ2) is 8.34. The van der Waals surface area contributed by atoms with Crippen molar-refractivity contribution in [3.8, 4) is 0 Å². The Kier molecular flexibility index (Phi) is 6.19. The number of hydrogen-bond acceptors (Lipinski definition) is 6.